The Morgan fingerprint density at radius 1 is 1.10 bits per heavy atom. The molecule has 1 aromatic carbocycles. The molecule has 0 bridgehead atoms. The van der Waals surface area contributed by atoms with E-state index in [2.05, 4.69) is 20.4 Å². The average molecular weight is 404 g/mol. The molecule has 0 fully saturated rings. The van der Waals surface area contributed by atoms with Crippen molar-refractivity contribution in [3.05, 3.63) is 83.1 Å². The molecule has 0 radical (unpaired) electrons. The molecular weight excluding hydrogens is 383 g/mol. The van der Waals surface area contributed by atoms with E-state index in [4.69, 9.17) is 4.84 Å². The van der Waals surface area contributed by atoms with Crippen molar-refractivity contribution in [1.82, 2.24) is 15.3 Å². The minimum absolute atomic E-state index is 0.261. The number of nitrogens with zero attached hydrogens (tertiary/aromatic N) is 3. The third-order valence-electron chi connectivity index (χ3n) is 4.88. The molecule has 1 amide bonds. The molecule has 0 saturated heterocycles. The number of aromatic nitrogens is 2. The summed E-state index contributed by atoms with van der Waals surface area (Å²) in [5, 5.41) is 7.01. The molecule has 0 aliphatic carbocycles. The van der Waals surface area contributed by atoms with Crippen LogP contribution in [-0.4, -0.2) is 28.2 Å². The number of carbonyl (C=O) groups is 1. The molecule has 152 valence electrons. The molecule has 0 unspecified atom stereocenters. The fourth-order valence-electron chi connectivity index (χ4n) is 3.22. The highest BCUT2D eigenvalue weighted by Gasteiger charge is 2.18. The third-order valence-corrected chi connectivity index (χ3v) is 4.88. The van der Waals surface area contributed by atoms with Gasteiger partial charge in [-0.1, -0.05) is 11.2 Å². The number of rotatable bonds is 5. The molecule has 0 saturated carbocycles. The maximum Gasteiger partial charge on any atom is 0.251 e. The maximum atomic E-state index is 13.1. The SMILES string of the molecule is Cc1ccc(-c2cc(C(=O)N[C@H](C)c3ccc(F)cn3)cc(C3=NOCC3)c2)nc1. The number of hydrogen-bond donors (Lipinski definition) is 1. The van der Waals surface area contributed by atoms with Gasteiger partial charge in [-0.15, -0.1) is 0 Å². The lowest BCUT2D eigenvalue weighted by Gasteiger charge is -2.15. The maximum absolute atomic E-state index is 13.1. The van der Waals surface area contributed by atoms with Gasteiger partial charge in [0.15, 0.2) is 0 Å². The van der Waals surface area contributed by atoms with Crippen LogP contribution >= 0.6 is 0 Å². The van der Waals surface area contributed by atoms with E-state index in [-0.39, 0.29) is 11.9 Å². The molecule has 2 aromatic heterocycles. The highest BCUT2D eigenvalue weighted by molar-refractivity contribution is 6.05. The number of oxime groups is 1. The first kappa shape index (κ1) is 19.7. The molecule has 4 rings (SSSR count). The van der Waals surface area contributed by atoms with Crippen LogP contribution < -0.4 is 5.32 Å². The van der Waals surface area contributed by atoms with Crippen molar-refractivity contribution in [1.29, 1.82) is 0 Å². The van der Waals surface area contributed by atoms with E-state index >= 15 is 0 Å². The lowest BCUT2D eigenvalue weighted by molar-refractivity contribution is 0.0939. The van der Waals surface area contributed by atoms with E-state index in [1.807, 2.05) is 25.1 Å². The Kier molecular flexibility index (Phi) is 5.52. The standard InChI is InChI=1S/C23H21FN4O2/c1-14-3-5-21(25-12-14)16-9-17(22-7-8-30-28-22)11-18(10-16)23(29)27-15(2)20-6-4-19(24)13-26-20/h3-6,9-13,15H,7-8H2,1-2H3,(H,27,29)/t15-/m1/s1. The summed E-state index contributed by atoms with van der Waals surface area (Å²) in [6, 6.07) is 12.0. The van der Waals surface area contributed by atoms with E-state index in [0.717, 1.165) is 34.3 Å². The summed E-state index contributed by atoms with van der Waals surface area (Å²) < 4.78 is 13.1. The summed E-state index contributed by atoms with van der Waals surface area (Å²) in [6.45, 7) is 4.30. The summed E-state index contributed by atoms with van der Waals surface area (Å²) in [4.78, 5) is 26.7. The van der Waals surface area contributed by atoms with Crippen LogP contribution in [0.5, 0.6) is 0 Å². The molecule has 1 aliphatic heterocycles. The predicted molar refractivity (Wildman–Crippen MR) is 112 cm³/mol. The van der Waals surface area contributed by atoms with Gasteiger partial charge in [-0.05, 0) is 55.8 Å². The zero-order valence-electron chi connectivity index (χ0n) is 16.7. The summed E-state index contributed by atoms with van der Waals surface area (Å²) in [6.07, 6.45) is 3.61. The summed E-state index contributed by atoms with van der Waals surface area (Å²) in [5.74, 6) is -0.678. The largest absolute Gasteiger partial charge is 0.395 e. The molecule has 3 heterocycles. The molecule has 1 aliphatic rings. The number of nitrogens with one attached hydrogen (secondary N) is 1. The number of benzene rings is 1. The molecule has 1 atom stereocenters. The first-order valence-corrected chi connectivity index (χ1v) is 9.69. The zero-order valence-corrected chi connectivity index (χ0v) is 16.7. The summed E-state index contributed by atoms with van der Waals surface area (Å²) in [5.41, 5.74) is 5.32. The second kappa shape index (κ2) is 8.41. The molecule has 3 aromatic rings. The van der Waals surface area contributed by atoms with Crippen molar-refractivity contribution < 1.29 is 14.0 Å². The first-order valence-electron chi connectivity index (χ1n) is 9.69. The van der Waals surface area contributed by atoms with Crippen molar-refractivity contribution in [2.45, 2.75) is 26.3 Å². The Bertz CT molecular complexity index is 1100. The number of halogens is 1. The van der Waals surface area contributed by atoms with Gasteiger partial charge in [0.25, 0.3) is 5.91 Å². The van der Waals surface area contributed by atoms with Crippen LogP contribution in [0.15, 0.2) is 60.0 Å². The Labute approximate surface area is 173 Å². The van der Waals surface area contributed by atoms with Crippen LogP contribution in [0.3, 0.4) is 0 Å². The molecular formula is C23H21FN4O2. The number of pyridine rings is 2. The highest BCUT2D eigenvalue weighted by Crippen LogP contribution is 2.24. The molecule has 7 heteroatoms. The fourth-order valence-corrected chi connectivity index (χ4v) is 3.22. The minimum atomic E-state index is -0.417. The Hall–Kier alpha value is -3.61. The Morgan fingerprint density at radius 2 is 1.93 bits per heavy atom. The molecule has 0 spiro atoms. The summed E-state index contributed by atoms with van der Waals surface area (Å²) >= 11 is 0. The third kappa shape index (κ3) is 4.35. The van der Waals surface area contributed by atoms with Crippen LogP contribution in [0.1, 0.15) is 46.6 Å². The zero-order chi connectivity index (χ0) is 21.1. The number of amides is 1. The fraction of sp³-hybridized carbons (Fsp3) is 0.217. The van der Waals surface area contributed by atoms with Gasteiger partial charge in [0, 0.05) is 29.3 Å². The quantitative estimate of drug-likeness (QED) is 0.691. The monoisotopic (exact) mass is 404 g/mol. The topological polar surface area (TPSA) is 76.5 Å². The van der Waals surface area contributed by atoms with Gasteiger partial charge in [-0.2, -0.15) is 0 Å². The van der Waals surface area contributed by atoms with E-state index < -0.39 is 5.82 Å². The number of hydrogen-bond acceptors (Lipinski definition) is 5. The van der Waals surface area contributed by atoms with Gasteiger partial charge in [0.05, 0.1) is 29.3 Å². The summed E-state index contributed by atoms with van der Waals surface area (Å²) in [7, 11) is 0. The smallest absolute Gasteiger partial charge is 0.251 e. The van der Waals surface area contributed by atoms with Crippen LogP contribution in [0.2, 0.25) is 0 Å². The van der Waals surface area contributed by atoms with Crippen molar-refractivity contribution in [3.63, 3.8) is 0 Å². The van der Waals surface area contributed by atoms with Crippen LogP contribution in [0, 0.1) is 12.7 Å². The van der Waals surface area contributed by atoms with E-state index in [9.17, 15) is 9.18 Å². The van der Waals surface area contributed by atoms with Crippen molar-refractivity contribution in [2.75, 3.05) is 6.61 Å². The number of aryl methyl sites for hydroxylation is 1. The molecule has 6 nitrogen and oxygen atoms in total. The van der Waals surface area contributed by atoms with Gasteiger partial charge in [-0.25, -0.2) is 4.39 Å². The van der Waals surface area contributed by atoms with Crippen LogP contribution in [0.4, 0.5) is 4.39 Å². The van der Waals surface area contributed by atoms with Gasteiger partial charge in [0.2, 0.25) is 0 Å². The Morgan fingerprint density at radius 3 is 2.60 bits per heavy atom. The van der Waals surface area contributed by atoms with E-state index in [1.165, 1.54) is 6.07 Å². The Balaban J connectivity index is 1.66. The minimum Gasteiger partial charge on any atom is -0.395 e. The van der Waals surface area contributed by atoms with Gasteiger partial charge >= 0.3 is 0 Å². The van der Waals surface area contributed by atoms with E-state index in [0.29, 0.717) is 24.3 Å². The second-order valence-electron chi connectivity index (χ2n) is 7.24. The van der Waals surface area contributed by atoms with Crippen molar-refractivity contribution in [3.8, 4) is 11.3 Å². The lowest BCUT2D eigenvalue weighted by Crippen LogP contribution is -2.27. The number of carbonyl (C=O) groups excluding carboxylic acids is 1. The van der Waals surface area contributed by atoms with Crippen molar-refractivity contribution >= 4 is 11.6 Å². The molecule has 30 heavy (non-hydrogen) atoms. The van der Waals surface area contributed by atoms with Crippen LogP contribution in [0.25, 0.3) is 11.3 Å². The predicted octanol–water partition coefficient (Wildman–Crippen LogP) is 4.21. The molecule has 1 N–H and O–H groups in total. The normalized spacial score (nSPS) is 14.0. The van der Waals surface area contributed by atoms with Gasteiger partial charge in [0.1, 0.15) is 12.4 Å². The first-order chi connectivity index (χ1) is 14.5. The lowest BCUT2D eigenvalue weighted by atomic mass is 9.98. The van der Waals surface area contributed by atoms with Gasteiger partial charge in [-0.3, -0.25) is 14.8 Å². The van der Waals surface area contributed by atoms with Crippen LogP contribution in [-0.2, 0) is 4.84 Å². The second-order valence-corrected chi connectivity index (χ2v) is 7.24. The average Bonchev–Trinajstić information content (AvgIpc) is 3.29. The van der Waals surface area contributed by atoms with Crippen molar-refractivity contribution in [2.24, 2.45) is 5.16 Å². The van der Waals surface area contributed by atoms with Gasteiger partial charge < -0.3 is 10.2 Å². The highest BCUT2D eigenvalue weighted by atomic mass is 19.1. The van der Waals surface area contributed by atoms with E-state index in [1.54, 1.807) is 31.3 Å².